The first-order valence-electron chi connectivity index (χ1n) is 7.38. The van der Waals surface area contributed by atoms with E-state index in [1.165, 1.54) is 12.8 Å². The molecule has 0 heterocycles. The van der Waals surface area contributed by atoms with Crippen LogP contribution in [0.1, 0.15) is 44.6 Å². The Morgan fingerprint density at radius 2 is 1.67 bits per heavy atom. The molecule has 0 N–H and O–H groups in total. The van der Waals surface area contributed by atoms with Crippen LogP contribution < -0.4 is 4.74 Å². The lowest BCUT2D eigenvalue weighted by Crippen LogP contribution is -2.13. The molecular formula is C16H20F4O. The Morgan fingerprint density at radius 1 is 1.10 bits per heavy atom. The van der Waals surface area contributed by atoms with Gasteiger partial charge in [0.25, 0.3) is 0 Å². The van der Waals surface area contributed by atoms with Gasteiger partial charge in [0.1, 0.15) is 0 Å². The van der Waals surface area contributed by atoms with Crippen LogP contribution in [0.5, 0.6) is 5.75 Å². The summed E-state index contributed by atoms with van der Waals surface area (Å²) in [6.07, 6.45) is 6.14. The van der Waals surface area contributed by atoms with E-state index < -0.39 is 24.0 Å². The quantitative estimate of drug-likeness (QED) is 0.668. The molecule has 0 aromatic heterocycles. The Bertz CT molecular complexity index is 444. The van der Waals surface area contributed by atoms with E-state index >= 15 is 0 Å². The molecule has 0 radical (unpaired) electrons. The molecule has 2 rings (SSSR count). The highest BCUT2D eigenvalue weighted by Gasteiger charge is 2.20. The first-order chi connectivity index (χ1) is 9.95. The smallest absolute Gasteiger partial charge is 0.387 e. The van der Waals surface area contributed by atoms with E-state index in [-0.39, 0.29) is 0 Å². The Balaban J connectivity index is 1.95. The third kappa shape index (κ3) is 4.61. The molecule has 1 nitrogen and oxygen atoms in total. The summed E-state index contributed by atoms with van der Waals surface area (Å²) in [5.74, 6) is -1.78. The first-order valence-corrected chi connectivity index (χ1v) is 7.38. The van der Waals surface area contributed by atoms with Crippen LogP contribution >= 0.6 is 0 Å². The van der Waals surface area contributed by atoms with Crippen molar-refractivity contribution in [3.05, 3.63) is 29.3 Å². The van der Waals surface area contributed by atoms with Crippen molar-refractivity contribution in [2.45, 2.75) is 52.1 Å². The summed E-state index contributed by atoms with van der Waals surface area (Å²) in [4.78, 5) is 0. The van der Waals surface area contributed by atoms with E-state index in [1.54, 1.807) is 0 Å². The largest absolute Gasteiger partial charge is 0.429 e. The molecule has 0 bridgehead atoms. The zero-order valence-corrected chi connectivity index (χ0v) is 12.0. The summed E-state index contributed by atoms with van der Waals surface area (Å²) in [7, 11) is 0. The van der Waals surface area contributed by atoms with Gasteiger partial charge in [-0.1, -0.05) is 32.6 Å². The minimum atomic E-state index is -3.23. The summed E-state index contributed by atoms with van der Waals surface area (Å²) in [5, 5.41) is 0. The van der Waals surface area contributed by atoms with Gasteiger partial charge in [-0.05, 0) is 42.4 Å². The monoisotopic (exact) mass is 304 g/mol. The average Bonchev–Trinajstić information content (AvgIpc) is 2.42. The van der Waals surface area contributed by atoms with Gasteiger partial charge in [-0.2, -0.15) is 8.78 Å². The van der Waals surface area contributed by atoms with Gasteiger partial charge in [-0.3, -0.25) is 0 Å². The van der Waals surface area contributed by atoms with Crippen molar-refractivity contribution >= 4 is 0 Å². The van der Waals surface area contributed by atoms with Crippen molar-refractivity contribution in [3.8, 4) is 5.75 Å². The molecule has 0 atom stereocenters. The molecule has 118 valence electrons. The van der Waals surface area contributed by atoms with Gasteiger partial charge in [0.15, 0.2) is 17.4 Å². The number of ether oxygens (including phenoxy) is 1. The van der Waals surface area contributed by atoms with E-state index in [0.29, 0.717) is 17.9 Å². The number of alkyl halides is 2. The highest BCUT2D eigenvalue weighted by molar-refractivity contribution is 5.31. The van der Waals surface area contributed by atoms with E-state index in [2.05, 4.69) is 11.7 Å². The van der Waals surface area contributed by atoms with Gasteiger partial charge in [0.05, 0.1) is 0 Å². The van der Waals surface area contributed by atoms with Crippen LogP contribution in [0.25, 0.3) is 0 Å². The molecule has 0 saturated heterocycles. The molecule has 1 aromatic carbocycles. The van der Waals surface area contributed by atoms with Crippen molar-refractivity contribution in [1.29, 1.82) is 0 Å². The standard InChI is InChI=1S/C16H20F4O/c1-10-2-4-11(5-3-10)6-7-12-8-13(17)15(14(18)9-12)21-16(19)20/h8-11,16H,2-7H2,1H3. The fraction of sp³-hybridized carbons (Fsp3) is 0.625. The van der Waals surface area contributed by atoms with Gasteiger partial charge < -0.3 is 4.74 Å². The summed E-state index contributed by atoms with van der Waals surface area (Å²) >= 11 is 0. The molecule has 1 saturated carbocycles. The fourth-order valence-corrected chi connectivity index (χ4v) is 2.95. The lowest BCUT2D eigenvalue weighted by atomic mass is 9.80. The minimum absolute atomic E-state index is 0.491. The van der Waals surface area contributed by atoms with E-state index in [0.717, 1.165) is 37.3 Å². The maximum absolute atomic E-state index is 13.6. The molecule has 5 heteroatoms. The van der Waals surface area contributed by atoms with Crippen molar-refractivity contribution in [2.75, 3.05) is 0 Å². The van der Waals surface area contributed by atoms with Crippen LogP contribution in [0, 0.1) is 23.5 Å². The fourth-order valence-electron chi connectivity index (χ4n) is 2.95. The highest BCUT2D eigenvalue weighted by Crippen LogP contribution is 2.32. The van der Waals surface area contributed by atoms with Crippen LogP contribution in [-0.2, 0) is 6.42 Å². The van der Waals surface area contributed by atoms with Crippen molar-refractivity contribution in [3.63, 3.8) is 0 Å². The maximum Gasteiger partial charge on any atom is 0.387 e. The van der Waals surface area contributed by atoms with Crippen LogP contribution in [0.15, 0.2) is 12.1 Å². The zero-order valence-electron chi connectivity index (χ0n) is 12.0. The Kier molecular flexibility index (Phi) is 5.48. The Morgan fingerprint density at radius 3 is 2.19 bits per heavy atom. The second kappa shape index (κ2) is 7.14. The third-order valence-corrected chi connectivity index (χ3v) is 4.24. The van der Waals surface area contributed by atoms with E-state index in [9.17, 15) is 17.6 Å². The second-order valence-corrected chi connectivity index (χ2v) is 5.93. The first kappa shape index (κ1) is 16.1. The summed E-state index contributed by atoms with van der Waals surface area (Å²) in [6.45, 7) is -0.994. The third-order valence-electron chi connectivity index (χ3n) is 4.24. The number of halogens is 4. The topological polar surface area (TPSA) is 9.23 Å². The highest BCUT2D eigenvalue weighted by atomic mass is 19.3. The average molecular weight is 304 g/mol. The van der Waals surface area contributed by atoms with Gasteiger partial charge in [0.2, 0.25) is 0 Å². The lowest BCUT2D eigenvalue weighted by Gasteiger charge is -2.26. The van der Waals surface area contributed by atoms with Crippen LogP contribution in [0.4, 0.5) is 17.6 Å². The van der Waals surface area contributed by atoms with Gasteiger partial charge in [0, 0.05) is 0 Å². The number of aryl methyl sites for hydroxylation is 1. The molecule has 0 aliphatic heterocycles. The van der Waals surface area contributed by atoms with E-state index in [4.69, 9.17) is 0 Å². The van der Waals surface area contributed by atoms with Gasteiger partial charge in [-0.25, -0.2) is 8.78 Å². The molecule has 21 heavy (non-hydrogen) atoms. The molecule has 1 aliphatic rings. The Hall–Kier alpha value is -1.26. The summed E-state index contributed by atoms with van der Waals surface area (Å²) < 4.78 is 55.1. The molecule has 1 fully saturated rings. The molecule has 0 amide bonds. The number of rotatable bonds is 5. The predicted octanol–water partition coefficient (Wildman–Crippen LogP) is 5.33. The SMILES string of the molecule is CC1CCC(CCc2cc(F)c(OC(F)F)c(F)c2)CC1. The van der Waals surface area contributed by atoms with Crippen molar-refractivity contribution in [1.82, 2.24) is 0 Å². The van der Waals surface area contributed by atoms with Crippen LogP contribution in [0.2, 0.25) is 0 Å². The van der Waals surface area contributed by atoms with Crippen LogP contribution in [0.3, 0.4) is 0 Å². The van der Waals surface area contributed by atoms with E-state index in [1.807, 2.05) is 0 Å². The zero-order chi connectivity index (χ0) is 15.4. The molecular weight excluding hydrogens is 284 g/mol. The molecule has 1 aromatic rings. The van der Waals surface area contributed by atoms with Crippen molar-refractivity contribution in [2.24, 2.45) is 11.8 Å². The number of hydrogen-bond acceptors (Lipinski definition) is 1. The van der Waals surface area contributed by atoms with Crippen LogP contribution in [-0.4, -0.2) is 6.61 Å². The van der Waals surface area contributed by atoms with Gasteiger partial charge >= 0.3 is 6.61 Å². The maximum atomic E-state index is 13.6. The molecule has 0 unspecified atom stereocenters. The number of hydrogen-bond donors (Lipinski definition) is 0. The summed E-state index contributed by atoms with van der Waals surface area (Å²) in [5.41, 5.74) is 0.491. The predicted molar refractivity (Wildman–Crippen MR) is 72.4 cm³/mol. The number of benzene rings is 1. The minimum Gasteiger partial charge on any atom is -0.429 e. The Labute approximate surface area is 122 Å². The normalized spacial score (nSPS) is 22.6. The lowest BCUT2D eigenvalue weighted by molar-refractivity contribution is -0.0546. The molecule has 0 spiro atoms. The molecule has 1 aliphatic carbocycles. The van der Waals surface area contributed by atoms with Gasteiger partial charge in [-0.15, -0.1) is 0 Å². The summed E-state index contributed by atoms with van der Waals surface area (Å²) in [6, 6.07) is 2.18. The van der Waals surface area contributed by atoms with Crippen molar-refractivity contribution < 1.29 is 22.3 Å². The second-order valence-electron chi connectivity index (χ2n) is 5.93.